The molecular weight excluding hydrogens is 220 g/mol. The third-order valence-electron chi connectivity index (χ3n) is 5.43. The molecule has 0 aromatic carbocycles. The van der Waals surface area contributed by atoms with Crippen molar-refractivity contribution in [3.8, 4) is 0 Å². The maximum absolute atomic E-state index is 3.77. The topological polar surface area (TPSA) is 15.3 Å². The zero-order valence-corrected chi connectivity index (χ0v) is 12.8. The zero-order valence-electron chi connectivity index (χ0n) is 12.8. The summed E-state index contributed by atoms with van der Waals surface area (Å²) in [5, 5.41) is 3.77. The summed E-state index contributed by atoms with van der Waals surface area (Å²) in [6.07, 6.45) is 6.87. The summed E-state index contributed by atoms with van der Waals surface area (Å²) < 4.78 is 0. The molecule has 1 aliphatic heterocycles. The van der Waals surface area contributed by atoms with E-state index in [1.807, 2.05) is 0 Å². The highest BCUT2D eigenvalue weighted by Gasteiger charge is 2.39. The van der Waals surface area contributed by atoms with Crippen LogP contribution in [0.4, 0.5) is 0 Å². The lowest BCUT2D eigenvalue weighted by Crippen LogP contribution is -2.48. The van der Waals surface area contributed by atoms with Crippen LogP contribution >= 0.6 is 0 Å². The molecular formula is C16H32N2. The van der Waals surface area contributed by atoms with E-state index >= 15 is 0 Å². The third-order valence-corrected chi connectivity index (χ3v) is 5.43. The summed E-state index contributed by atoms with van der Waals surface area (Å²) >= 11 is 0. The minimum absolute atomic E-state index is 0.532. The summed E-state index contributed by atoms with van der Waals surface area (Å²) in [7, 11) is 0. The van der Waals surface area contributed by atoms with Crippen LogP contribution < -0.4 is 5.32 Å². The Morgan fingerprint density at radius 2 is 2.11 bits per heavy atom. The molecule has 1 saturated heterocycles. The second kappa shape index (κ2) is 5.92. The summed E-state index contributed by atoms with van der Waals surface area (Å²) in [6.45, 7) is 13.4. The van der Waals surface area contributed by atoms with Crippen LogP contribution in [-0.4, -0.2) is 36.6 Å². The molecule has 2 rings (SSSR count). The zero-order chi connectivity index (χ0) is 13.2. The average Bonchev–Trinajstić information content (AvgIpc) is 2.55. The van der Waals surface area contributed by atoms with E-state index in [0.717, 1.165) is 12.0 Å². The lowest BCUT2D eigenvalue weighted by molar-refractivity contribution is 0.104. The Hall–Kier alpha value is -0.0800. The second-order valence-corrected chi connectivity index (χ2v) is 7.19. The van der Waals surface area contributed by atoms with Gasteiger partial charge in [0.05, 0.1) is 0 Å². The highest BCUT2D eigenvalue weighted by molar-refractivity contribution is 4.94. The maximum atomic E-state index is 3.77. The fraction of sp³-hybridized carbons (Fsp3) is 1.00. The van der Waals surface area contributed by atoms with Crippen molar-refractivity contribution < 1.29 is 0 Å². The highest BCUT2D eigenvalue weighted by Crippen LogP contribution is 2.40. The molecule has 2 aliphatic rings. The largest absolute Gasteiger partial charge is 0.312 e. The first-order valence-corrected chi connectivity index (χ1v) is 8.02. The van der Waals surface area contributed by atoms with Crippen LogP contribution in [0.15, 0.2) is 0 Å². The van der Waals surface area contributed by atoms with Crippen molar-refractivity contribution in [1.29, 1.82) is 0 Å². The number of nitrogens with one attached hydrogen (secondary N) is 1. The van der Waals surface area contributed by atoms with E-state index < -0.39 is 0 Å². The van der Waals surface area contributed by atoms with Crippen LogP contribution in [0.2, 0.25) is 0 Å². The van der Waals surface area contributed by atoms with Gasteiger partial charge >= 0.3 is 0 Å². The first kappa shape index (κ1) is 14.3. The molecule has 3 atom stereocenters. The van der Waals surface area contributed by atoms with Crippen LogP contribution in [0.1, 0.15) is 59.8 Å². The lowest BCUT2D eigenvalue weighted by atomic mass is 9.85. The Balaban J connectivity index is 2.03. The van der Waals surface area contributed by atoms with Gasteiger partial charge in [-0.3, -0.25) is 4.90 Å². The summed E-state index contributed by atoms with van der Waals surface area (Å²) in [5.74, 6) is 0.801. The monoisotopic (exact) mass is 252 g/mol. The average molecular weight is 252 g/mol. The van der Waals surface area contributed by atoms with Crippen LogP contribution in [-0.2, 0) is 0 Å². The molecule has 0 spiro atoms. The molecule has 1 heterocycles. The molecule has 2 nitrogen and oxygen atoms in total. The predicted octanol–water partition coefficient (Wildman–Crippen LogP) is 3.28. The fourth-order valence-electron chi connectivity index (χ4n) is 3.91. The van der Waals surface area contributed by atoms with Gasteiger partial charge in [-0.1, -0.05) is 40.5 Å². The molecule has 0 aromatic rings. The van der Waals surface area contributed by atoms with Crippen LogP contribution in [0.25, 0.3) is 0 Å². The number of nitrogens with zero attached hydrogens (tertiary/aromatic N) is 1. The van der Waals surface area contributed by atoms with Crippen LogP contribution in [0.5, 0.6) is 0 Å². The number of rotatable bonds is 3. The summed E-state index contributed by atoms with van der Waals surface area (Å²) in [4.78, 5) is 2.81. The Morgan fingerprint density at radius 3 is 2.72 bits per heavy atom. The van der Waals surface area contributed by atoms with Gasteiger partial charge in [-0.15, -0.1) is 0 Å². The fourth-order valence-corrected chi connectivity index (χ4v) is 3.91. The quantitative estimate of drug-likeness (QED) is 0.829. The molecule has 0 bridgehead atoms. The van der Waals surface area contributed by atoms with Gasteiger partial charge in [-0.25, -0.2) is 0 Å². The van der Waals surface area contributed by atoms with Crippen molar-refractivity contribution in [2.24, 2.45) is 11.3 Å². The standard InChI is InChI=1S/C16H32N2/c1-5-13(2)14-12-18(11-7-10-17-14)15-8-6-9-16(15,3)4/h13-15,17H,5-12H2,1-4H3. The van der Waals surface area contributed by atoms with Crippen molar-refractivity contribution in [2.45, 2.75) is 71.9 Å². The SMILES string of the molecule is CCC(C)C1CN(C2CCCC2(C)C)CCCN1. The molecule has 1 N–H and O–H groups in total. The Morgan fingerprint density at radius 1 is 1.33 bits per heavy atom. The van der Waals surface area contributed by atoms with E-state index in [9.17, 15) is 0 Å². The van der Waals surface area contributed by atoms with E-state index in [2.05, 4.69) is 37.9 Å². The van der Waals surface area contributed by atoms with Crippen molar-refractivity contribution in [1.82, 2.24) is 10.2 Å². The lowest BCUT2D eigenvalue weighted by Gasteiger charge is -2.39. The maximum Gasteiger partial charge on any atom is 0.0220 e. The molecule has 0 amide bonds. The van der Waals surface area contributed by atoms with Crippen LogP contribution in [0.3, 0.4) is 0 Å². The smallest absolute Gasteiger partial charge is 0.0220 e. The minimum atomic E-state index is 0.532. The molecule has 1 aliphatic carbocycles. The summed E-state index contributed by atoms with van der Waals surface area (Å²) in [6, 6.07) is 1.53. The van der Waals surface area contributed by atoms with Gasteiger partial charge in [0.15, 0.2) is 0 Å². The Kier molecular flexibility index (Phi) is 4.71. The number of hydrogen-bond acceptors (Lipinski definition) is 2. The van der Waals surface area contributed by atoms with Gasteiger partial charge in [0.1, 0.15) is 0 Å². The van der Waals surface area contributed by atoms with Crippen LogP contribution in [0, 0.1) is 11.3 Å². The van der Waals surface area contributed by atoms with E-state index in [-0.39, 0.29) is 0 Å². The Labute approximate surface area is 114 Å². The van der Waals surface area contributed by atoms with Crippen molar-refractivity contribution >= 4 is 0 Å². The van der Waals surface area contributed by atoms with Gasteiger partial charge < -0.3 is 5.32 Å². The van der Waals surface area contributed by atoms with Gasteiger partial charge in [0.25, 0.3) is 0 Å². The van der Waals surface area contributed by atoms with E-state index in [1.165, 1.54) is 51.7 Å². The van der Waals surface area contributed by atoms with E-state index in [0.29, 0.717) is 11.5 Å². The minimum Gasteiger partial charge on any atom is -0.312 e. The molecule has 0 aromatic heterocycles. The molecule has 2 fully saturated rings. The molecule has 106 valence electrons. The Bertz CT molecular complexity index is 262. The van der Waals surface area contributed by atoms with Gasteiger partial charge in [0.2, 0.25) is 0 Å². The first-order valence-electron chi connectivity index (χ1n) is 8.02. The van der Waals surface area contributed by atoms with Gasteiger partial charge in [0, 0.05) is 18.6 Å². The second-order valence-electron chi connectivity index (χ2n) is 7.19. The third kappa shape index (κ3) is 3.08. The highest BCUT2D eigenvalue weighted by atomic mass is 15.2. The predicted molar refractivity (Wildman–Crippen MR) is 78.9 cm³/mol. The first-order chi connectivity index (χ1) is 8.54. The molecule has 3 unspecified atom stereocenters. The molecule has 0 radical (unpaired) electrons. The summed E-state index contributed by atoms with van der Waals surface area (Å²) in [5.41, 5.74) is 0.532. The molecule has 2 heteroatoms. The van der Waals surface area contributed by atoms with Gasteiger partial charge in [-0.05, 0) is 43.7 Å². The normalized spacial score (nSPS) is 35.3. The van der Waals surface area contributed by atoms with Crippen molar-refractivity contribution in [3.05, 3.63) is 0 Å². The van der Waals surface area contributed by atoms with E-state index in [4.69, 9.17) is 0 Å². The van der Waals surface area contributed by atoms with Gasteiger partial charge in [-0.2, -0.15) is 0 Å². The molecule has 18 heavy (non-hydrogen) atoms. The van der Waals surface area contributed by atoms with E-state index in [1.54, 1.807) is 0 Å². The van der Waals surface area contributed by atoms with Crippen molar-refractivity contribution in [2.75, 3.05) is 19.6 Å². The molecule has 1 saturated carbocycles. The number of hydrogen-bond donors (Lipinski definition) is 1. The van der Waals surface area contributed by atoms with Crippen molar-refractivity contribution in [3.63, 3.8) is 0 Å².